The molecule has 1 atom stereocenters. The predicted octanol–water partition coefficient (Wildman–Crippen LogP) is 3.12. The number of anilines is 2. The monoisotopic (exact) mass is 308 g/mol. The summed E-state index contributed by atoms with van der Waals surface area (Å²) < 4.78 is 0. The van der Waals surface area contributed by atoms with E-state index in [0.717, 1.165) is 35.4 Å². The van der Waals surface area contributed by atoms with Gasteiger partial charge in [-0.3, -0.25) is 0 Å². The van der Waals surface area contributed by atoms with Gasteiger partial charge in [-0.25, -0.2) is 4.98 Å². The summed E-state index contributed by atoms with van der Waals surface area (Å²) in [5.74, 6) is 1.73. The molecule has 2 aromatic rings. The van der Waals surface area contributed by atoms with Crippen molar-refractivity contribution in [3.05, 3.63) is 10.9 Å². The van der Waals surface area contributed by atoms with Crippen LogP contribution in [0, 0.1) is 5.92 Å². The van der Waals surface area contributed by atoms with Crippen LogP contribution in [0.4, 0.5) is 11.8 Å². The van der Waals surface area contributed by atoms with Crippen molar-refractivity contribution in [3.8, 4) is 0 Å². The van der Waals surface area contributed by atoms with Crippen molar-refractivity contribution in [1.29, 1.82) is 0 Å². The summed E-state index contributed by atoms with van der Waals surface area (Å²) in [4.78, 5) is 11.5. The molecule has 0 bridgehead atoms. The van der Waals surface area contributed by atoms with Gasteiger partial charge in [0.2, 0.25) is 5.95 Å². The van der Waals surface area contributed by atoms with E-state index in [1.165, 1.54) is 4.88 Å². The Morgan fingerprint density at radius 3 is 2.76 bits per heavy atom. The van der Waals surface area contributed by atoms with E-state index in [1.54, 1.807) is 11.3 Å². The lowest BCUT2D eigenvalue weighted by atomic mass is 10.2. The molecule has 0 aliphatic carbocycles. The maximum absolute atomic E-state index is 9.16. The van der Waals surface area contributed by atoms with Crippen LogP contribution in [0.2, 0.25) is 0 Å². The lowest BCUT2D eigenvalue weighted by Crippen LogP contribution is -2.16. The van der Waals surface area contributed by atoms with E-state index in [9.17, 15) is 0 Å². The number of nitrogens with zero attached hydrogens (tertiary/aromatic N) is 2. The van der Waals surface area contributed by atoms with E-state index < -0.39 is 0 Å². The van der Waals surface area contributed by atoms with Gasteiger partial charge in [-0.2, -0.15) is 4.98 Å². The van der Waals surface area contributed by atoms with Crippen molar-refractivity contribution in [2.24, 2.45) is 5.92 Å². The summed E-state index contributed by atoms with van der Waals surface area (Å²) in [5, 5.41) is 16.8. The summed E-state index contributed by atoms with van der Waals surface area (Å²) >= 11 is 1.72. The summed E-state index contributed by atoms with van der Waals surface area (Å²) in [7, 11) is 0. The first-order valence-corrected chi connectivity index (χ1v) is 8.38. The van der Waals surface area contributed by atoms with Crippen LogP contribution in [0.1, 0.15) is 32.1 Å². The molecule has 0 saturated carbocycles. The van der Waals surface area contributed by atoms with Crippen molar-refractivity contribution in [2.75, 3.05) is 30.3 Å². The fourth-order valence-corrected chi connectivity index (χ4v) is 2.90. The van der Waals surface area contributed by atoms with E-state index in [-0.39, 0.29) is 12.5 Å². The van der Waals surface area contributed by atoms with Gasteiger partial charge < -0.3 is 15.7 Å². The topological polar surface area (TPSA) is 70.1 Å². The van der Waals surface area contributed by atoms with Gasteiger partial charge in [-0.1, -0.05) is 20.8 Å². The molecule has 116 valence electrons. The second-order valence-corrected chi connectivity index (χ2v) is 6.39. The first-order valence-electron chi connectivity index (χ1n) is 7.56. The van der Waals surface area contributed by atoms with Crippen LogP contribution >= 0.6 is 11.3 Å². The minimum atomic E-state index is 0.173. The molecule has 0 saturated heterocycles. The van der Waals surface area contributed by atoms with Gasteiger partial charge in [0.15, 0.2) is 0 Å². The van der Waals surface area contributed by atoms with Crippen LogP contribution in [0.15, 0.2) is 6.07 Å². The number of aliphatic hydroxyl groups is 1. The average molecular weight is 308 g/mol. The van der Waals surface area contributed by atoms with Crippen molar-refractivity contribution in [2.45, 2.75) is 33.6 Å². The maximum atomic E-state index is 9.16. The largest absolute Gasteiger partial charge is 0.396 e. The number of aliphatic hydroxyl groups excluding tert-OH is 1. The molecular weight excluding hydrogens is 284 g/mol. The molecule has 0 spiro atoms. The summed E-state index contributed by atoms with van der Waals surface area (Å²) in [6.45, 7) is 8.01. The van der Waals surface area contributed by atoms with Gasteiger partial charge in [0.25, 0.3) is 0 Å². The Kier molecular flexibility index (Phi) is 5.76. The van der Waals surface area contributed by atoms with Crippen molar-refractivity contribution in [3.63, 3.8) is 0 Å². The van der Waals surface area contributed by atoms with Crippen LogP contribution in [-0.2, 0) is 6.42 Å². The molecular formula is C15H24N4OS. The van der Waals surface area contributed by atoms with Gasteiger partial charge in [-0.15, -0.1) is 11.3 Å². The number of thiophene rings is 1. The van der Waals surface area contributed by atoms with Crippen LogP contribution in [0.25, 0.3) is 10.2 Å². The minimum absolute atomic E-state index is 0.173. The van der Waals surface area contributed by atoms with E-state index in [2.05, 4.69) is 40.5 Å². The standard InChI is InChI=1S/C15H24N4OS/c1-4-6-16-15-18-13(17-8-10(3)9-20)12-7-11(5-2)21-14(12)19-15/h7,10,20H,4-6,8-9H2,1-3H3,(H2,16,17,18,19). The molecule has 21 heavy (non-hydrogen) atoms. The van der Waals surface area contributed by atoms with Crippen molar-refractivity contribution < 1.29 is 5.11 Å². The Labute approximate surface area is 129 Å². The number of hydrogen-bond acceptors (Lipinski definition) is 6. The van der Waals surface area contributed by atoms with Gasteiger partial charge in [-0.05, 0) is 24.8 Å². The molecule has 2 heterocycles. The molecule has 0 fully saturated rings. The lowest BCUT2D eigenvalue weighted by Gasteiger charge is -2.12. The Morgan fingerprint density at radius 2 is 2.10 bits per heavy atom. The highest BCUT2D eigenvalue weighted by atomic mass is 32.1. The van der Waals surface area contributed by atoms with Gasteiger partial charge in [0, 0.05) is 24.6 Å². The third-order valence-corrected chi connectivity index (χ3v) is 4.43. The van der Waals surface area contributed by atoms with Crippen molar-refractivity contribution >= 4 is 33.3 Å². The highest BCUT2D eigenvalue weighted by Crippen LogP contribution is 2.30. The fraction of sp³-hybridized carbons (Fsp3) is 0.600. The van der Waals surface area contributed by atoms with Crippen LogP contribution in [0.5, 0.6) is 0 Å². The lowest BCUT2D eigenvalue weighted by molar-refractivity contribution is 0.244. The number of aromatic nitrogens is 2. The highest BCUT2D eigenvalue weighted by Gasteiger charge is 2.12. The van der Waals surface area contributed by atoms with Crippen molar-refractivity contribution in [1.82, 2.24) is 9.97 Å². The quantitative estimate of drug-likeness (QED) is 0.699. The van der Waals surface area contributed by atoms with E-state index in [4.69, 9.17) is 5.11 Å². The molecule has 1 unspecified atom stereocenters. The summed E-state index contributed by atoms with van der Waals surface area (Å²) in [5.41, 5.74) is 0. The zero-order valence-electron chi connectivity index (χ0n) is 12.9. The molecule has 5 nitrogen and oxygen atoms in total. The fourth-order valence-electron chi connectivity index (χ4n) is 1.93. The SMILES string of the molecule is CCCNc1nc(NCC(C)CO)c2cc(CC)sc2n1. The Morgan fingerprint density at radius 1 is 1.29 bits per heavy atom. The minimum Gasteiger partial charge on any atom is -0.396 e. The van der Waals surface area contributed by atoms with Crippen LogP contribution < -0.4 is 10.6 Å². The first-order chi connectivity index (χ1) is 10.2. The summed E-state index contributed by atoms with van der Waals surface area (Å²) in [6, 6.07) is 2.16. The second-order valence-electron chi connectivity index (χ2n) is 5.28. The average Bonchev–Trinajstić information content (AvgIpc) is 2.93. The Hall–Kier alpha value is -1.40. The smallest absolute Gasteiger partial charge is 0.226 e. The Bertz CT molecular complexity index is 584. The number of hydrogen-bond donors (Lipinski definition) is 3. The molecule has 0 aliphatic rings. The predicted molar refractivity (Wildman–Crippen MR) is 90.3 cm³/mol. The second kappa shape index (κ2) is 7.56. The molecule has 6 heteroatoms. The molecule has 2 rings (SSSR count). The van der Waals surface area contributed by atoms with Crippen LogP contribution in [0.3, 0.4) is 0 Å². The molecule has 2 aromatic heterocycles. The molecule has 0 amide bonds. The third kappa shape index (κ3) is 4.04. The van der Waals surface area contributed by atoms with Gasteiger partial charge >= 0.3 is 0 Å². The van der Waals surface area contributed by atoms with E-state index in [1.807, 2.05) is 6.92 Å². The third-order valence-electron chi connectivity index (χ3n) is 3.25. The Balaban J connectivity index is 2.31. The molecule has 0 aromatic carbocycles. The van der Waals surface area contributed by atoms with Crippen LogP contribution in [-0.4, -0.2) is 34.8 Å². The van der Waals surface area contributed by atoms with E-state index >= 15 is 0 Å². The van der Waals surface area contributed by atoms with Gasteiger partial charge in [0.05, 0.1) is 5.39 Å². The number of rotatable bonds is 8. The zero-order chi connectivity index (χ0) is 15.2. The number of nitrogens with one attached hydrogen (secondary N) is 2. The molecule has 3 N–H and O–H groups in total. The zero-order valence-corrected chi connectivity index (χ0v) is 13.8. The number of aryl methyl sites for hydroxylation is 1. The first kappa shape index (κ1) is 16.0. The maximum Gasteiger partial charge on any atom is 0.226 e. The molecule has 0 radical (unpaired) electrons. The highest BCUT2D eigenvalue weighted by molar-refractivity contribution is 7.18. The van der Waals surface area contributed by atoms with Gasteiger partial charge in [0.1, 0.15) is 10.6 Å². The van der Waals surface area contributed by atoms with E-state index in [0.29, 0.717) is 12.5 Å². The normalized spacial score (nSPS) is 12.6. The summed E-state index contributed by atoms with van der Waals surface area (Å²) in [6.07, 6.45) is 2.04. The number of fused-ring (bicyclic) bond motifs is 1. The molecule has 0 aliphatic heterocycles.